The number of nitrogens with one attached hydrogen (secondary N) is 1. The lowest BCUT2D eigenvalue weighted by molar-refractivity contribution is -0.111. The average Bonchev–Trinajstić information content (AvgIpc) is 2.75. The van der Waals surface area contributed by atoms with Crippen molar-refractivity contribution in [2.75, 3.05) is 12.4 Å². The maximum atomic E-state index is 12.3. The van der Waals surface area contributed by atoms with Crippen LogP contribution < -0.4 is 14.8 Å². The minimum Gasteiger partial charge on any atom is -0.493 e. The van der Waals surface area contributed by atoms with E-state index in [0.717, 1.165) is 11.1 Å². The molecule has 0 radical (unpaired) electrons. The topological polar surface area (TPSA) is 47.6 Å². The third-order valence-corrected chi connectivity index (χ3v) is 5.45. The van der Waals surface area contributed by atoms with Crippen LogP contribution in [0.3, 0.4) is 0 Å². The Kier molecular flexibility index (Phi) is 7.85. The molecule has 7 heteroatoms. The van der Waals surface area contributed by atoms with Crippen LogP contribution in [0.4, 0.5) is 5.69 Å². The molecule has 0 saturated carbocycles. The molecule has 0 aliphatic heterocycles. The molecule has 0 heterocycles. The standard InChI is InChI=1S/C24H20Cl3NO3/c1-15-6-9-17(25)13-21(15)28-24(29)11-8-16-7-10-22(23(12-16)30-2)31-14-18-19(26)4-3-5-20(18)27/h3-13H,14H2,1-2H3,(H,28,29). The highest BCUT2D eigenvalue weighted by atomic mass is 35.5. The van der Waals surface area contributed by atoms with E-state index < -0.39 is 0 Å². The van der Waals surface area contributed by atoms with Crippen molar-refractivity contribution >= 4 is 52.5 Å². The van der Waals surface area contributed by atoms with Gasteiger partial charge < -0.3 is 14.8 Å². The average molecular weight is 477 g/mol. The van der Waals surface area contributed by atoms with Crippen LogP contribution >= 0.6 is 34.8 Å². The molecule has 0 aliphatic rings. The van der Waals surface area contributed by atoms with Crippen molar-refractivity contribution in [1.82, 2.24) is 0 Å². The molecular weight excluding hydrogens is 457 g/mol. The molecule has 0 spiro atoms. The minimum atomic E-state index is -0.266. The van der Waals surface area contributed by atoms with Crippen molar-refractivity contribution in [2.24, 2.45) is 0 Å². The van der Waals surface area contributed by atoms with Gasteiger partial charge in [-0.15, -0.1) is 0 Å². The molecule has 160 valence electrons. The number of carbonyl (C=O) groups excluding carboxylic acids is 1. The molecule has 3 aromatic rings. The van der Waals surface area contributed by atoms with Gasteiger partial charge in [-0.25, -0.2) is 0 Å². The van der Waals surface area contributed by atoms with Gasteiger partial charge in [0.1, 0.15) is 6.61 Å². The number of carbonyl (C=O) groups is 1. The summed E-state index contributed by atoms with van der Waals surface area (Å²) < 4.78 is 11.3. The number of anilines is 1. The fraction of sp³-hybridized carbons (Fsp3) is 0.125. The van der Waals surface area contributed by atoms with Gasteiger partial charge in [0, 0.05) is 32.4 Å². The SMILES string of the molecule is COc1cc(C=CC(=O)Nc2cc(Cl)ccc2C)ccc1OCc1c(Cl)cccc1Cl. The second kappa shape index (κ2) is 10.6. The number of hydrogen-bond acceptors (Lipinski definition) is 3. The lowest BCUT2D eigenvalue weighted by Crippen LogP contribution is -2.08. The van der Waals surface area contributed by atoms with E-state index >= 15 is 0 Å². The van der Waals surface area contributed by atoms with Gasteiger partial charge in [0.2, 0.25) is 5.91 Å². The van der Waals surface area contributed by atoms with E-state index in [-0.39, 0.29) is 12.5 Å². The highest BCUT2D eigenvalue weighted by molar-refractivity contribution is 6.36. The van der Waals surface area contributed by atoms with Crippen LogP contribution in [0.25, 0.3) is 6.08 Å². The summed E-state index contributed by atoms with van der Waals surface area (Å²) in [7, 11) is 1.55. The number of aryl methyl sites for hydroxylation is 1. The number of hydrogen-bond donors (Lipinski definition) is 1. The Morgan fingerprint density at radius 1 is 1.00 bits per heavy atom. The Morgan fingerprint density at radius 3 is 2.45 bits per heavy atom. The van der Waals surface area contributed by atoms with Crippen LogP contribution in [-0.2, 0) is 11.4 Å². The fourth-order valence-electron chi connectivity index (χ4n) is 2.80. The van der Waals surface area contributed by atoms with Crippen LogP contribution in [0.1, 0.15) is 16.7 Å². The zero-order valence-electron chi connectivity index (χ0n) is 16.9. The Hall–Kier alpha value is -2.66. The molecule has 0 unspecified atom stereocenters. The molecule has 1 amide bonds. The van der Waals surface area contributed by atoms with Crippen molar-refractivity contribution in [3.05, 3.63) is 92.4 Å². The maximum absolute atomic E-state index is 12.3. The van der Waals surface area contributed by atoms with Crippen LogP contribution in [0.2, 0.25) is 15.1 Å². The van der Waals surface area contributed by atoms with Crippen LogP contribution in [0.5, 0.6) is 11.5 Å². The van der Waals surface area contributed by atoms with Gasteiger partial charge in [0.05, 0.1) is 7.11 Å². The first-order valence-electron chi connectivity index (χ1n) is 9.36. The summed E-state index contributed by atoms with van der Waals surface area (Å²) in [6.07, 6.45) is 3.13. The first-order valence-corrected chi connectivity index (χ1v) is 10.5. The Bertz CT molecular complexity index is 1110. The molecule has 0 aliphatic carbocycles. The van der Waals surface area contributed by atoms with Crippen molar-refractivity contribution < 1.29 is 14.3 Å². The molecule has 0 atom stereocenters. The summed E-state index contributed by atoms with van der Waals surface area (Å²) in [6.45, 7) is 2.10. The van der Waals surface area contributed by atoms with E-state index in [9.17, 15) is 4.79 Å². The van der Waals surface area contributed by atoms with Gasteiger partial charge in [-0.2, -0.15) is 0 Å². The minimum absolute atomic E-state index is 0.200. The second-order valence-corrected chi connectivity index (χ2v) is 7.93. The summed E-state index contributed by atoms with van der Waals surface area (Å²) in [4.78, 5) is 12.3. The lowest BCUT2D eigenvalue weighted by atomic mass is 10.1. The third kappa shape index (κ3) is 6.17. The molecule has 4 nitrogen and oxygen atoms in total. The number of ether oxygens (including phenoxy) is 2. The van der Waals surface area contributed by atoms with Crippen molar-refractivity contribution in [1.29, 1.82) is 0 Å². The van der Waals surface area contributed by atoms with Gasteiger partial charge in [-0.05, 0) is 60.5 Å². The maximum Gasteiger partial charge on any atom is 0.248 e. The highest BCUT2D eigenvalue weighted by Crippen LogP contribution is 2.31. The van der Waals surface area contributed by atoms with Gasteiger partial charge in [-0.1, -0.05) is 53.0 Å². The van der Waals surface area contributed by atoms with Crippen LogP contribution in [0.15, 0.2) is 60.7 Å². The predicted octanol–water partition coefficient (Wildman–Crippen LogP) is 7.19. The summed E-state index contributed by atoms with van der Waals surface area (Å²) in [5.74, 6) is 0.795. The van der Waals surface area contributed by atoms with Gasteiger partial charge >= 0.3 is 0 Å². The number of halogens is 3. The number of methoxy groups -OCH3 is 1. The summed E-state index contributed by atoms with van der Waals surface area (Å²) in [5, 5.41) is 4.45. The van der Waals surface area contributed by atoms with E-state index in [4.69, 9.17) is 44.3 Å². The molecular formula is C24H20Cl3NO3. The molecule has 3 rings (SSSR count). The number of rotatable bonds is 7. The first-order chi connectivity index (χ1) is 14.9. The smallest absolute Gasteiger partial charge is 0.248 e. The lowest BCUT2D eigenvalue weighted by Gasteiger charge is -2.13. The summed E-state index contributed by atoms with van der Waals surface area (Å²) in [5.41, 5.74) is 3.07. The number of amides is 1. The molecule has 0 fully saturated rings. The van der Waals surface area contributed by atoms with Gasteiger partial charge in [0.25, 0.3) is 0 Å². The predicted molar refractivity (Wildman–Crippen MR) is 128 cm³/mol. The van der Waals surface area contributed by atoms with E-state index in [2.05, 4.69) is 5.32 Å². The molecule has 0 aromatic heterocycles. The molecule has 0 saturated heterocycles. The van der Waals surface area contributed by atoms with Gasteiger partial charge in [0.15, 0.2) is 11.5 Å². The number of benzene rings is 3. The van der Waals surface area contributed by atoms with E-state index in [1.54, 1.807) is 55.7 Å². The highest BCUT2D eigenvalue weighted by Gasteiger charge is 2.10. The second-order valence-electron chi connectivity index (χ2n) is 6.68. The Labute approximate surface area is 196 Å². The molecule has 31 heavy (non-hydrogen) atoms. The normalized spacial score (nSPS) is 10.9. The third-order valence-electron chi connectivity index (χ3n) is 4.51. The molecule has 0 bridgehead atoms. The van der Waals surface area contributed by atoms with Crippen molar-refractivity contribution in [3.8, 4) is 11.5 Å². The fourth-order valence-corrected chi connectivity index (χ4v) is 3.48. The zero-order chi connectivity index (χ0) is 22.4. The summed E-state index contributed by atoms with van der Waals surface area (Å²) >= 11 is 18.4. The van der Waals surface area contributed by atoms with Crippen molar-refractivity contribution in [2.45, 2.75) is 13.5 Å². The van der Waals surface area contributed by atoms with E-state index in [0.29, 0.717) is 37.8 Å². The Balaban J connectivity index is 1.69. The Morgan fingerprint density at radius 2 is 1.74 bits per heavy atom. The first kappa shape index (κ1) is 23.0. The summed E-state index contributed by atoms with van der Waals surface area (Å²) in [6, 6.07) is 16.0. The van der Waals surface area contributed by atoms with E-state index in [1.807, 2.05) is 19.1 Å². The monoisotopic (exact) mass is 475 g/mol. The van der Waals surface area contributed by atoms with E-state index in [1.165, 1.54) is 6.08 Å². The van der Waals surface area contributed by atoms with Gasteiger partial charge in [-0.3, -0.25) is 4.79 Å². The van der Waals surface area contributed by atoms with Crippen molar-refractivity contribution in [3.63, 3.8) is 0 Å². The van der Waals surface area contributed by atoms with Crippen LogP contribution in [-0.4, -0.2) is 13.0 Å². The zero-order valence-corrected chi connectivity index (χ0v) is 19.2. The molecule has 1 N–H and O–H groups in total. The van der Waals surface area contributed by atoms with Crippen LogP contribution in [0, 0.1) is 6.92 Å². The quantitative estimate of drug-likeness (QED) is 0.367. The largest absolute Gasteiger partial charge is 0.493 e. The molecule has 3 aromatic carbocycles.